The van der Waals surface area contributed by atoms with E-state index in [1.807, 2.05) is 35.2 Å². The number of anilines is 1. The molecule has 0 saturated heterocycles. The summed E-state index contributed by atoms with van der Waals surface area (Å²) in [5.74, 6) is 0.401. The molecule has 0 bridgehead atoms. The van der Waals surface area contributed by atoms with E-state index in [0.717, 1.165) is 29.1 Å². The normalized spacial score (nSPS) is 10.8. The number of aromatic nitrogens is 4. The van der Waals surface area contributed by atoms with Crippen LogP contribution in [0, 0.1) is 18.3 Å². The van der Waals surface area contributed by atoms with Gasteiger partial charge in [-0.25, -0.2) is 9.67 Å². The number of nitriles is 1. The summed E-state index contributed by atoms with van der Waals surface area (Å²) in [6, 6.07) is 9.42. The van der Waals surface area contributed by atoms with Crippen molar-refractivity contribution >= 4 is 17.1 Å². The van der Waals surface area contributed by atoms with Crippen molar-refractivity contribution < 1.29 is 0 Å². The van der Waals surface area contributed by atoms with Crippen molar-refractivity contribution in [2.75, 3.05) is 5.73 Å². The Kier molecular flexibility index (Phi) is 2.68. The number of imidazole rings is 1. The molecule has 0 saturated carbocycles. The molecular formula is C14H14N6. The fraction of sp³-hybridized carbons (Fsp3) is 0.214. The highest BCUT2D eigenvalue weighted by molar-refractivity contribution is 5.80. The Morgan fingerprint density at radius 1 is 1.40 bits per heavy atom. The predicted octanol–water partition coefficient (Wildman–Crippen LogP) is 2.00. The SMILES string of the molecule is CCn1nc(C)c2nc(N)n(-c3cccc(C#N)c3)c21. The standard InChI is InChI=1S/C14H14N6/c1-3-19-13-12(9(2)18-19)17-14(16)20(13)11-6-4-5-10(7-11)8-15/h4-7H,3H2,1-2H3,(H2,16,17). The summed E-state index contributed by atoms with van der Waals surface area (Å²) >= 11 is 0. The second kappa shape index (κ2) is 4.38. The Labute approximate surface area is 116 Å². The van der Waals surface area contributed by atoms with Crippen LogP contribution in [0.2, 0.25) is 0 Å². The molecule has 0 unspecified atom stereocenters. The van der Waals surface area contributed by atoms with Gasteiger partial charge >= 0.3 is 0 Å². The van der Waals surface area contributed by atoms with Crippen molar-refractivity contribution in [2.24, 2.45) is 0 Å². The van der Waals surface area contributed by atoms with E-state index in [0.29, 0.717) is 11.5 Å². The highest BCUT2D eigenvalue weighted by Gasteiger charge is 2.17. The van der Waals surface area contributed by atoms with Gasteiger partial charge in [-0.3, -0.25) is 4.57 Å². The maximum absolute atomic E-state index is 9.02. The van der Waals surface area contributed by atoms with Crippen LogP contribution in [0.1, 0.15) is 18.2 Å². The molecule has 1 aromatic carbocycles. The Bertz CT molecular complexity index is 833. The first-order chi connectivity index (χ1) is 9.65. The van der Waals surface area contributed by atoms with Crippen molar-refractivity contribution in [3.05, 3.63) is 35.5 Å². The predicted molar refractivity (Wildman–Crippen MR) is 76.4 cm³/mol. The monoisotopic (exact) mass is 266 g/mol. The van der Waals surface area contributed by atoms with Gasteiger partial charge in [-0.1, -0.05) is 6.07 Å². The smallest absolute Gasteiger partial charge is 0.207 e. The van der Waals surface area contributed by atoms with E-state index in [4.69, 9.17) is 11.0 Å². The van der Waals surface area contributed by atoms with Crippen molar-refractivity contribution in [2.45, 2.75) is 20.4 Å². The van der Waals surface area contributed by atoms with Gasteiger partial charge in [-0.15, -0.1) is 0 Å². The first-order valence-electron chi connectivity index (χ1n) is 6.37. The van der Waals surface area contributed by atoms with Gasteiger partial charge in [0.25, 0.3) is 0 Å². The van der Waals surface area contributed by atoms with E-state index in [1.165, 1.54) is 0 Å². The molecule has 6 heteroatoms. The molecule has 20 heavy (non-hydrogen) atoms. The number of nitrogens with zero attached hydrogens (tertiary/aromatic N) is 5. The minimum absolute atomic E-state index is 0.401. The number of hydrogen-bond donors (Lipinski definition) is 1. The zero-order valence-corrected chi connectivity index (χ0v) is 11.3. The molecule has 0 atom stereocenters. The second-order valence-electron chi connectivity index (χ2n) is 4.54. The maximum atomic E-state index is 9.02. The molecule has 2 N–H and O–H groups in total. The number of hydrogen-bond acceptors (Lipinski definition) is 4. The lowest BCUT2D eigenvalue weighted by atomic mass is 10.2. The van der Waals surface area contributed by atoms with Gasteiger partial charge in [0.15, 0.2) is 5.65 Å². The third-order valence-corrected chi connectivity index (χ3v) is 3.27. The summed E-state index contributed by atoms with van der Waals surface area (Å²) in [4.78, 5) is 4.39. The fourth-order valence-corrected chi connectivity index (χ4v) is 2.37. The minimum Gasteiger partial charge on any atom is -0.369 e. The number of nitrogens with two attached hydrogens (primary N) is 1. The van der Waals surface area contributed by atoms with E-state index in [2.05, 4.69) is 16.2 Å². The van der Waals surface area contributed by atoms with Gasteiger partial charge in [-0.2, -0.15) is 10.4 Å². The number of benzene rings is 1. The van der Waals surface area contributed by atoms with E-state index >= 15 is 0 Å². The average molecular weight is 266 g/mol. The van der Waals surface area contributed by atoms with Gasteiger partial charge in [0.2, 0.25) is 5.95 Å². The van der Waals surface area contributed by atoms with Crippen molar-refractivity contribution in [3.8, 4) is 11.8 Å². The van der Waals surface area contributed by atoms with E-state index in [1.54, 1.807) is 12.1 Å². The molecule has 3 rings (SSSR count). The first-order valence-corrected chi connectivity index (χ1v) is 6.37. The summed E-state index contributed by atoms with van der Waals surface area (Å²) in [5, 5.41) is 13.5. The van der Waals surface area contributed by atoms with Crippen LogP contribution in [0.25, 0.3) is 16.9 Å². The van der Waals surface area contributed by atoms with Crippen LogP contribution in [0.5, 0.6) is 0 Å². The van der Waals surface area contributed by atoms with Gasteiger partial charge in [0, 0.05) is 6.54 Å². The number of fused-ring (bicyclic) bond motifs is 1. The zero-order chi connectivity index (χ0) is 14.3. The summed E-state index contributed by atoms with van der Waals surface area (Å²) in [6.45, 7) is 4.66. The molecule has 2 heterocycles. The molecular weight excluding hydrogens is 252 g/mol. The lowest BCUT2D eigenvalue weighted by Gasteiger charge is -2.08. The molecule has 0 amide bonds. The van der Waals surface area contributed by atoms with Crippen LogP contribution < -0.4 is 5.73 Å². The minimum atomic E-state index is 0.401. The molecule has 0 aliphatic rings. The zero-order valence-electron chi connectivity index (χ0n) is 11.3. The lowest BCUT2D eigenvalue weighted by Crippen LogP contribution is -2.06. The highest BCUT2D eigenvalue weighted by atomic mass is 15.4. The van der Waals surface area contributed by atoms with E-state index < -0.39 is 0 Å². The molecule has 3 aromatic rings. The van der Waals surface area contributed by atoms with Crippen LogP contribution in [0.4, 0.5) is 5.95 Å². The van der Waals surface area contributed by atoms with Crippen LogP contribution >= 0.6 is 0 Å². The van der Waals surface area contributed by atoms with Gasteiger partial charge in [0.1, 0.15) is 5.52 Å². The third-order valence-electron chi connectivity index (χ3n) is 3.27. The topological polar surface area (TPSA) is 85.5 Å². The highest BCUT2D eigenvalue weighted by Crippen LogP contribution is 2.25. The third kappa shape index (κ3) is 1.64. The summed E-state index contributed by atoms with van der Waals surface area (Å²) < 4.78 is 3.70. The lowest BCUT2D eigenvalue weighted by molar-refractivity contribution is 0.663. The maximum Gasteiger partial charge on any atom is 0.207 e. The first kappa shape index (κ1) is 12.2. The van der Waals surface area contributed by atoms with Crippen molar-refractivity contribution in [1.82, 2.24) is 19.3 Å². The van der Waals surface area contributed by atoms with Gasteiger partial charge in [0.05, 0.1) is 23.0 Å². The molecule has 0 fully saturated rings. The molecule has 0 aliphatic carbocycles. The number of nitrogen functional groups attached to an aromatic ring is 1. The fourth-order valence-electron chi connectivity index (χ4n) is 2.37. The van der Waals surface area contributed by atoms with E-state index in [9.17, 15) is 0 Å². The van der Waals surface area contributed by atoms with Gasteiger partial charge < -0.3 is 5.73 Å². The molecule has 2 aromatic heterocycles. The quantitative estimate of drug-likeness (QED) is 0.768. The molecule has 0 radical (unpaired) electrons. The van der Waals surface area contributed by atoms with Crippen LogP contribution in [-0.2, 0) is 6.54 Å². The summed E-state index contributed by atoms with van der Waals surface area (Å²) in [7, 11) is 0. The van der Waals surface area contributed by atoms with Crippen LogP contribution in [0.15, 0.2) is 24.3 Å². The Balaban J connectivity index is 2.35. The van der Waals surface area contributed by atoms with Crippen LogP contribution in [-0.4, -0.2) is 19.3 Å². The number of aryl methyl sites for hydroxylation is 2. The molecule has 6 nitrogen and oxygen atoms in total. The Morgan fingerprint density at radius 2 is 2.20 bits per heavy atom. The average Bonchev–Trinajstić information content (AvgIpc) is 2.95. The van der Waals surface area contributed by atoms with Crippen molar-refractivity contribution in [1.29, 1.82) is 5.26 Å². The molecule has 100 valence electrons. The van der Waals surface area contributed by atoms with Gasteiger partial charge in [-0.05, 0) is 32.0 Å². The molecule has 0 spiro atoms. The number of rotatable bonds is 2. The Morgan fingerprint density at radius 3 is 2.90 bits per heavy atom. The summed E-state index contributed by atoms with van der Waals surface area (Å²) in [6.07, 6.45) is 0. The molecule has 0 aliphatic heterocycles. The Hall–Kier alpha value is -2.81. The largest absolute Gasteiger partial charge is 0.369 e. The second-order valence-corrected chi connectivity index (χ2v) is 4.54. The van der Waals surface area contributed by atoms with Crippen LogP contribution in [0.3, 0.4) is 0 Å². The van der Waals surface area contributed by atoms with E-state index in [-0.39, 0.29) is 0 Å². The van der Waals surface area contributed by atoms with Crippen molar-refractivity contribution in [3.63, 3.8) is 0 Å². The summed E-state index contributed by atoms with van der Waals surface area (Å²) in [5.41, 5.74) is 9.95.